The van der Waals surface area contributed by atoms with Crippen molar-refractivity contribution in [3.8, 4) is 0 Å². The predicted molar refractivity (Wildman–Crippen MR) is 80.1 cm³/mol. The second kappa shape index (κ2) is 4.90. The van der Waals surface area contributed by atoms with Crippen molar-refractivity contribution in [1.29, 1.82) is 0 Å². The number of carbonyl (C=O) groups excluding carboxylic acids is 1. The summed E-state index contributed by atoms with van der Waals surface area (Å²) < 4.78 is 13.6. The minimum absolute atomic E-state index is 0.0487. The van der Waals surface area contributed by atoms with Crippen molar-refractivity contribution in [2.45, 2.75) is 37.8 Å². The Morgan fingerprint density at radius 3 is 2.71 bits per heavy atom. The number of amides is 1. The SMILES string of the molecule is O=C(CN1CCN(C2CC2)c2ccc(F)cc21)NC1CC1. The molecule has 1 heterocycles. The number of nitrogens with one attached hydrogen (secondary N) is 1. The van der Waals surface area contributed by atoms with Gasteiger partial charge in [0.05, 0.1) is 17.9 Å². The molecule has 21 heavy (non-hydrogen) atoms. The first-order valence-corrected chi connectivity index (χ1v) is 7.81. The highest BCUT2D eigenvalue weighted by molar-refractivity contribution is 5.85. The average Bonchev–Trinajstić information content (AvgIpc) is 3.33. The van der Waals surface area contributed by atoms with E-state index >= 15 is 0 Å². The molecule has 0 atom stereocenters. The maximum atomic E-state index is 13.6. The molecule has 1 aromatic carbocycles. The van der Waals surface area contributed by atoms with Gasteiger partial charge in [-0.15, -0.1) is 0 Å². The van der Waals surface area contributed by atoms with E-state index in [1.165, 1.54) is 18.9 Å². The lowest BCUT2D eigenvalue weighted by molar-refractivity contribution is -0.119. The molecule has 1 aromatic rings. The Balaban J connectivity index is 1.55. The summed E-state index contributed by atoms with van der Waals surface area (Å²) in [5.74, 6) is -0.188. The summed E-state index contributed by atoms with van der Waals surface area (Å²) in [5.41, 5.74) is 1.93. The second-order valence-electron chi connectivity index (χ2n) is 6.32. The Morgan fingerprint density at radius 1 is 1.19 bits per heavy atom. The monoisotopic (exact) mass is 289 g/mol. The quantitative estimate of drug-likeness (QED) is 0.919. The molecule has 1 amide bonds. The highest BCUT2D eigenvalue weighted by atomic mass is 19.1. The number of halogens is 1. The molecule has 0 aromatic heterocycles. The Morgan fingerprint density at radius 2 is 2.00 bits per heavy atom. The van der Waals surface area contributed by atoms with Gasteiger partial charge in [-0.25, -0.2) is 4.39 Å². The molecule has 0 bridgehead atoms. The first-order valence-electron chi connectivity index (χ1n) is 7.81. The van der Waals surface area contributed by atoms with Crippen molar-refractivity contribution < 1.29 is 9.18 Å². The number of rotatable bonds is 4. The Hall–Kier alpha value is -1.78. The lowest BCUT2D eigenvalue weighted by atomic mass is 10.1. The zero-order chi connectivity index (χ0) is 14.4. The largest absolute Gasteiger partial charge is 0.365 e. The van der Waals surface area contributed by atoms with Crippen LogP contribution in [0.15, 0.2) is 18.2 Å². The van der Waals surface area contributed by atoms with Gasteiger partial charge in [-0.1, -0.05) is 0 Å². The number of nitrogens with zero attached hydrogens (tertiary/aromatic N) is 2. The molecule has 0 unspecified atom stereocenters. The summed E-state index contributed by atoms with van der Waals surface area (Å²) in [7, 11) is 0. The predicted octanol–water partition coefficient (Wildman–Crippen LogP) is 1.89. The average molecular weight is 289 g/mol. The van der Waals surface area contributed by atoms with Gasteiger partial charge in [0.2, 0.25) is 5.91 Å². The van der Waals surface area contributed by atoms with Crippen molar-refractivity contribution in [1.82, 2.24) is 5.32 Å². The highest BCUT2D eigenvalue weighted by Crippen LogP contribution is 2.40. The summed E-state index contributed by atoms with van der Waals surface area (Å²) in [6.07, 6.45) is 4.62. The van der Waals surface area contributed by atoms with Gasteiger partial charge >= 0.3 is 0 Å². The van der Waals surface area contributed by atoms with Crippen molar-refractivity contribution in [2.75, 3.05) is 29.4 Å². The summed E-state index contributed by atoms with van der Waals surface area (Å²) in [6, 6.07) is 5.92. The standard InChI is InChI=1S/C16H20FN3O/c17-11-1-6-14-15(9-11)19(7-8-20(14)13-4-5-13)10-16(21)18-12-2-3-12/h1,6,9,12-13H,2-5,7-8,10H2,(H,18,21). The molecule has 0 radical (unpaired) electrons. The number of anilines is 2. The molecule has 0 saturated heterocycles. The molecule has 2 saturated carbocycles. The van der Waals surface area contributed by atoms with E-state index in [0.29, 0.717) is 18.6 Å². The summed E-state index contributed by atoms with van der Waals surface area (Å²) in [5, 5.41) is 3.00. The zero-order valence-corrected chi connectivity index (χ0v) is 12.0. The van der Waals surface area contributed by atoms with Crippen LogP contribution >= 0.6 is 0 Å². The molecule has 2 aliphatic carbocycles. The number of carbonyl (C=O) groups is 1. The van der Waals surface area contributed by atoms with Gasteiger partial charge < -0.3 is 15.1 Å². The molecule has 4 rings (SSSR count). The van der Waals surface area contributed by atoms with Crippen LogP contribution < -0.4 is 15.1 Å². The molecule has 4 nitrogen and oxygen atoms in total. The van der Waals surface area contributed by atoms with Gasteiger partial charge in [-0.3, -0.25) is 4.79 Å². The Kier molecular flexibility index (Phi) is 3.01. The maximum Gasteiger partial charge on any atom is 0.239 e. The fourth-order valence-corrected chi connectivity index (χ4v) is 3.07. The van der Waals surface area contributed by atoms with Crippen molar-refractivity contribution in [3.63, 3.8) is 0 Å². The summed E-state index contributed by atoms with van der Waals surface area (Å²) in [6.45, 7) is 2.02. The number of hydrogen-bond acceptors (Lipinski definition) is 3. The fourth-order valence-electron chi connectivity index (χ4n) is 3.07. The van der Waals surface area contributed by atoms with Crippen LogP contribution in [0.3, 0.4) is 0 Å². The lowest BCUT2D eigenvalue weighted by Crippen LogP contribution is -2.46. The van der Waals surface area contributed by atoms with E-state index < -0.39 is 0 Å². The van der Waals surface area contributed by atoms with Gasteiger partial charge in [-0.05, 0) is 43.9 Å². The topological polar surface area (TPSA) is 35.6 Å². The van der Waals surface area contributed by atoms with Crippen molar-refractivity contribution in [3.05, 3.63) is 24.0 Å². The first-order chi connectivity index (χ1) is 10.2. The van der Waals surface area contributed by atoms with Crippen molar-refractivity contribution in [2.24, 2.45) is 0 Å². The first kappa shape index (κ1) is 12.9. The fraction of sp³-hybridized carbons (Fsp3) is 0.562. The number of benzene rings is 1. The van der Waals surface area contributed by atoms with Gasteiger partial charge in [0.15, 0.2) is 0 Å². The molecule has 1 N–H and O–H groups in total. The summed E-state index contributed by atoms with van der Waals surface area (Å²) >= 11 is 0. The maximum absolute atomic E-state index is 13.6. The van der Waals surface area contributed by atoms with Gasteiger partial charge in [-0.2, -0.15) is 0 Å². The Labute approximate surface area is 123 Å². The van der Waals surface area contributed by atoms with Crippen LogP contribution in [-0.4, -0.2) is 37.6 Å². The van der Waals surface area contributed by atoms with Crippen LogP contribution in [0.5, 0.6) is 0 Å². The third-order valence-electron chi connectivity index (χ3n) is 4.46. The van der Waals surface area contributed by atoms with E-state index in [1.807, 2.05) is 11.0 Å². The van der Waals surface area contributed by atoms with Crippen LogP contribution in [0.2, 0.25) is 0 Å². The zero-order valence-electron chi connectivity index (χ0n) is 12.0. The van der Waals surface area contributed by atoms with Crippen LogP contribution in [0.1, 0.15) is 25.7 Å². The van der Waals surface area contributed by atoms with Crippen LogP contribution in [-0.2, 0) is 4.79 Å². The van der Waals surface area contributed by atoms with E-state index in [2.05, 4.69) is 10.2 Å². The van der Waals surface area contributed by atoms with Crippen LogP contribution in [0.25, 0.3) is 0 Å². The lowest BCUT2D eigenvalue weighted by Gasteiger charge is -2.38. The van der Waals surface area contributed by atoms with E-state index in [1.54, 1.807) is 6.07 Å². The Bertz CT molecular complexity index is 569. The molecular formula is C16H20FN3O. The van der Waals surface area contributed by atoms with Crippen LogP contribution in [0.4, 0.5) is 15.8 Å². The molecule has 0 spiro atoms. The minimum Gasteiger partial charge on any atom is -0.365 e. The van der Waals surface area contributed by atoms with Crippen LogP contribution in [0, 0.1) is 5.82 Å². The highest BCUT2D eigenvalue weighted by Gasteiger charge is 2.34. The molecule has 5 heteroatoms. The minimum atomic E-state index is -0.237. The van der Waals surface area contributed by atoms with E-state index in [4.69, 9.17) is 0 Å². The van der Waals surface area contributed by atoms with E-state index in [9.17, 15) is 9.18 Å². The molecule has 112 valence electrons. The number of hydrogen-bond donors (Lipinski definition) is 1. The molecular weight excluding hydrogens is 269 g/mol. The van der Waals surface area contributed by atoms with E-state index in [0.717, 1.165) is 37.3 Å². The molecule has 1 aliphatic heterocycles. The second-order valence-corrected chi connectivity index (χ2v) is 6.32. The third-order valence-corrected chi connectivity index (χ3v) is 4.46. The van der Waals surface area contributed by atoms with Gasteiger partial charge in [0.25, 0.3) is 0 Å². The number of fused-ring (bicyclic) bond motifs is 1. The van der Waals surface area contributed by atoms with Crippen molar-refractivity contribution >= 4 is 17.3 Å². The normalized spacial score (nSPS) is 21.2. The van der Waals surface area contributed by atoms with Gasteiger partial charge in [0, 0.05) is 25.2 Å². The van der Waals surface area contributed by atoms with Gasteiger partial charge in [0.1, 0.15) is 5.82 Å². The van der Waals surface area contributed by atoms with E-state index in [-0.39, 0.29) is 11.7 Å². The summed E-state index contributed by atoms with van der Waals surface area (Å²) in [4.78, 5) is 16.4. The molecule has 3 aliphatic rings. The molecule has 2 fully saturated rings. The third kappa shape index (κ3) is 2.69. The smallest absolute Gasteiger partial charge is 0.239 e.